The molecule has 0 aliphatic rings. The first-order valence-corrected chi connectivity index (χ1v) is 19.3. The van der Waals surface area contributed by atoms with Crippen LogP contribution < -0.4 is 16.4 Å². The maximum absolute atomic E-state index is 13.2. The van der Waals surface area contributed by atoms with Crippen molar-refractivity contribution in [3.8, 4) is 33.4 Å². The topological polar surface area (TPSA) is 55.3 Å². The Balaban J connectivity index is 1.09. The molecule has 0 aliphatic heterocycles. The number of nitrogens with two attached hydrogens (primary N) is 2. The zero-order valence-electron chi connectivity index (χ0n) is 32.4. The highest BCUT2D eigenvalue weighted by Gasteiger charge is 2.31. The second-order valence-electron chi connectivity index (χ2n) is 14.6. The predicted octanol–water partition coefficient (Wildman–Crippen LogP) is 14.9. The van der Waals surface area contributed by atoms with E-state index in [2.05, 4.69) is 47.4 Å². The average Bonchev–Trinajstić information content (AvgIpc) is 3.27. The molecule has 0 aromatic heterocycles. The Morgan fingerprint density at radius 2 is 0.607 bits per heavy atom. The van der Waals surface area contributed by atoms with Crippen LogP contribution >= 0.6 is 0 Å². The lowest BCUT2D eigenvalue weighted by molar-refractivity contribution is -0.138. The van der Waals surface area contributed by atoms with Gasteiger partial charge in [-0.2, -0.15) is 26.3 Å². The molecule has 8 aromatic rings. The van der Waals surface area contributed by atoms with Crippen LogP contribution in [0.15, 0.2) is 194 Å². The fourth-order valence-corrected chi connectivity index (χ4v) is 7.16. The molecule has 61 heavy (non-hydrogen) atoms. The van der Waals surface area contributed by atoms with Gasteiger partial charge in [0.1, 0.15) is 0 Å². The van der Waals surface area contributed by atoms with Crippen molar-refractivity contribution in [2.45, 2.75) is 12.4 Å². The molecule has 0 radical (unpaired) electrons. The van der Waals surface area contributed by atoms with E-state index in [0.717, 1.165) is 85.8 Å². The summed E-state index contributed by atoms with van der Waals surface area (Å²) in [6.45, 7) is 0. The summed E-state index contributed by atoms with van der Waals surface area (Å²) >= 11 is 0. The maximum Gasteiger partial charge on any atom is 0.416 e. The Hall–Kier alpha value is -7.52. The summed E-state index contributed by atoms with van der Waals surface area (Å²) < 4.78 is 79.2. The van der Waals surface area contributed by atoms with E-state index in [1.165, 1.54) is 24.3 Å². The van der Waals surface area contributed by atoms with Gasteiger partial charge in [-0.1, -0.05) is 109 Å². The fourth-order valence-electron chi connectivity index (χ4n) is 7.16. The van der Waals surface area contributed by atoms with Crippen LogP contribution in [0, 0.1) is 0 Å². The highest BCUT2D eigenvalue weighted by Crippen LogP contribution is 2.38. The number of nitrogens with zero attached hydrogens (tertiary/aromatic N) is 1. The molecule has 0 amide bonds. The maximum atomic E-state index is 13.2. The third-order valence-electron chi connectivity index (χ3n) is 10.5. The predicted molar refractivity (Wildman–Crippen MR) is 236 cm³/mol. The van der Waals surface area contributed by atoms with E-state index in [9.17, 15) is 26.3 Å². The van der Waals surface area contributed by atoms with Crippen LogP contribution in [-0.4, -0.2) is 0 Å². The highest BCUT2D eigenvalue weighted by molar-refractivity contribution is 5.92. The molecule has 0 spiro atoms. The quantitative estimate of drug-likeness (QED) is 0.0867. The minimum atomic E-state index is -4.42. The molecular weight excluding hydrogens is 781 g/mol. The molecule has 0 saturated carbocycles. The van der Waals surface area contributed by atoms with Gasteiger partial charge in [0.25, 0.3) is 0 Å². The molecular formula is C52H37F6N3. The zero-order valence-corrected chi connectivity index (χ0v) is 32.4. The third-order valence-corrected chi connectivity index (χ3v) is 10.5. The van der Waals surface area contributed by atoms with E-state index in [1.54, 1.807) is 0 Å². The third kappa shape index (κ3) is 9.21. The number of nitrogen functional groups attached to an aromatic ring is 2. The van der Waals surface area contributed by atoms with Crippen molar-refractivity contribution < 1.29 is 26.3 Å². The van der Waals surface area contributed by atoms with Gasteiger partial charge >= 0.3 is 12.4 Å². The second kappa shape index (κ2) is 16.6. The summed E-state index contributed by atoms with van der Waals surface area (Å²) in [5, 5.41) is 0. The Bertz CT molecular complexity index is 2610. The lowest BCUT2D eigenvalue weighted by atomic mass is 9.92. The molecule has 0 aliphatic carbocycles. The van der Waals surface area contributed by atoms with Crippen LogP contribution in [0.5, 0.6) is 0 Å². The first-order valence-electron chi connectivity index (χ1n) is 19.3. The lowest BCUT2D eigenvalue weighted by Crippen LogP contribution is -2.10. The number of anilines is 5. The second-order valence-corrected chi connectivity index (χ2v) is 14.6. The number of hydrogen-bond donors (Lipinski definition) is 2. The smallest absolute Gasteiger partial charge is 0.399 e. The minimum Gasteiger partial charge on any atom is -0.399 e. The van der Waals surface area contributed by atoms with Gasteiger partial charge in [0.2, 0.25) is 0 Å². The number of alkyl halides is 6. The van der Waals surface area contributed by atoms with E-state index in [0.29, 0.717) is 22.5 Å². The Morgan fingerprint density at radius 1 is 0.344 bits per heavy atom. The van der Waals surface area contributed by atoms with Gasteiger partial charge in [-0.05, 0) is 147 Å². The van der Waals surface area contributed by atoms with Crippen molar-refractivity contribution in [3.05, 3.63) is 222 Å². The summed E-state index contributed by atoms with van der Waals surface area (Å²) in [5.41, 5.74) is 23.1. The molecule has 8 aromatic carbocycles. The van der Waals surface area contributed by atoms with Crippen LogP contribution in [0.2, 0.25) is 0 Å². The molecule has 8 rings (SSSR count). The van der Waals surface area contributed by atoms with Gasteiger partial charge in [-0.3, -0.25) is 0 Å². The minimum absolute atomic E-state index is 0.651. The van der Waals surface area contributed by atoms with Crippen molar-refractivity contribution >= 4 is 40.1 Å². The molecule has 4 N–H and O–H groups in total. The van der Waals surface area contributed by atoms with Crippen LogP contribution in [-0.2, 0) is 12.4 Å². The SMILES string of the molecule is Nc1ccc(N(c2ccc(N)cc2)c2ccc(-c3ccc(C=C(c4ccc(-c5ccc(C(F)(F)F)cc5)cc4)c4ccc(-c5ccc(C(F)(F)F)cc5)cc4)cc3)cc2)cc1. The first-order chi connectivity index (χ1) is 29.3. The summed E-state index contributed by atoms with van der Waals surface area (Å²) in [5.74, 6) is 0. The van der Waals surface area contributed by atoms with Gasteiger partial charge < -0.3 is 16.4 Å². The number of halogens is 6. The van der Waals surface area contributed by atoms with E-state index >= 15 is 0 Å². The van der Waals surface area contributed by atoms with Gasteiger partial charge in [0.15, 0.2) is 0 Å². The molecule has 0 atom stereocenters. The highest BCUT2D eigenvalue weighted by atomic mass is 19.4. The van der Waals surface area contributed by atoms with Crippen molar-refractivity contribution in [3.63, 3.8) is 0 Å². The number of benzene rings is 8. The fraction of sp³-hybridized carbons (Fsp3) is 0.0385. The van der Waals surface area contributed by atoms with Crippen LogP contribution in [0.1, 0.15) is 27.8 Å². The van der Waals surface area contributed by atoms with Crippen molar-refractivity contribution in [2.24, 2.45) is 0 Å². The standard InChI is InChI=1S/C52H37F6N3/c53-51(54,55)43-19-13-38(14-20-43)36-5-9-41(10-6-36)50(42-11-7-37(8-12-42)39-15-21-44(22-16-39)52(56,57)58)33-34-1-3-35(4-2-34)40-17-27-47(28-18-40)61(48-29-23-45(59)24-30-48)49-31-25-46(60)26-32-49/h1-33H,59-60H2. The van der Waals surface area contributed by atoms with Gasteiger partial charge in [0, 0.05) is 28.4 Å². The van der Waals surface area contributed by atoms with Gasteiger partial charge in [-0.15, -0.1) is 0 Å². The number of rotatable bonds is 9. The van der Waals surface area contributed by atoms with Crippen molar-refractivity contribution in [1.29, 1.82) is 0 Å². The molecule has 302 valence electrons. The normalized spacial score (nSPS) is 11.6. The Labute approximate surface area is 349 Å². The van der Waals surface area contributed by atoms with Crippen LogP contribution in [0.25, 0.3) is 45.0 Å². The molecule has 0 fully saturated rings. The van der Waals surface area contributed by atoms with Crippen molar-refractivity contribution in [2.75, 3.05) is 16.4 Å². The van der Waals surface area contributed by atoms with E-state index in [1.807, 2.05) is 109 Å². The molecule has 9 heteroatoms. The molecule has 0 heterocycles. The lowest BCUT2D eigenvalue weighted by Gasteiger charge is -2.26. The molecule has 0 saturated heterocycles. The summed E-state index contributed by atoms with van der Waals surface area (Å²) in [6.07, 6.45) is -6.79. The summed E-state index contributed by atoms with van der Waals surface area (Å²) in [6, 6.07) is 57.1. The molecule has 0 unspecified atom stereocenters. The average molecular weight is 818 g/mol. The zero-order chi connectivity index (χ0) is 42.7. The Kier molecular flexibility index (Phi) is 11.0. The number of hydrogen-bond acceptors (Lipinski definition) is 3. The van der Waals surface area contributed by atoms with Crippen LogP contribution in [0.4, 0.5) is 54.8 Å². The van der Waals surface area contributed by atoms with Crippen molar-refractivity contribution in [1.82, 2.24) is 0 Å². The van der Waals surface area contributed by atoms with E-state index in [-0.39, 0.29) is 0 Å². The summed E-state index contributed by atoms with van der Waals surface area (Å²) in [4.78, 5) is 2.13. The monoisotopic (exact) mass is 817 g/mol. The van der Waals surface area contributed by atoms with Crippen LogP contribution in [0.3, 0.4) is 0 Å². The Morgan fingerprint density at radius 3 is 0.918 bits per heavy atom. The molecule has 0 bridgehead atoms. The summed E-state index contributed by atoms with van der Waals surface area (Å²) in [7, 11) is 0. The first kappa shape index (κ1) is 40.3. The van der Waals surface area contributed by atoms with Gasteiger partial charge in [-0.25, -0.2) is 0 Å². The van der Waals surface area contributed by atoms with Gasteiger partial charge in [0.05, 0.1) is 11.1 Å². The largest absolute Gasteiger partial charge is 0.416 e. The molecule has 3 nitrogen and oxygen atoms in total. The van der Waals surface area contributed by atoms with E-state index < -0.39 is 23.5 Å². The van der Waals surface area contributed by atoms with E-state index in [4.69, 9.17) is 11.5 Å².